The Balaban J connectivity index is 1.42. The molecule has 1 aromatic carbocycles. The third-order valence-electron chi connectivity index (χ3n) is 4.49. The standard InChI is InChI=1S/C20H18N4O3S/c1-13(25)24-9-8-14-5-2-3-6-15(14)16(24)11-19(26)21-12-18-22-20(27-23-18)17-7-4-10-28-17/h2-10,16H,11-12H2,1H3,(H,21,26). The number of amides is 2. The number of nitrogens with zero attached hydrogens (tertiary/aromatic N) is 3. The van der Waals surface area contributed by atoms with E-state index in [0.29, 0.717) is 11.7 Å². The average Bonchev–Trinajstić information content (AvgIpc) is 3.38. The van der Waals surface area contributed by atoms with Gasteiger partial charge in [-0.1, -0.05) is 35.5 Å². The zero-order chi connectivity index (χ0) is 19.5. The number of hydrogen-bond donors (Lipinski definition) is 1. The lowest BCUT2D eigenvalue weighted by Gasteiger charge is -2.32. The Kier molecular flexibility index (Phi) is 5.03. The van der Waals surface area contributed by atoms with Crippen LogP contribution in [0.1, 0.15) is 36.3 Å². The molecule has 1 aliphatic rings. The molecule has 7 nitrogen and oxygen atoms in total. The summed E-state index contributed by atoms with van der Waals surface area (Å²) in [5, 5.41) is 8.64. The summed E-state index contributed by atoms with van der Waals surface area (Å²) in [7, 11) is 0. The van der Waals surface area contributed by atoms with Crippen LogP contribution < -0.4 is 5.32 Å². The van der Waals surface area contributed by atoms with Crippen molar-refractivity contribution in [2.24, 2.45) is 0 Å². The Morgan fingerprint density at radius 3 is 2.89 bits per heavy atom. The second kappa shape index (κ2) is 7.77. The molecule has 28 heavy (non-hydrogen) atoms. The topological polar surface area (TPSA) is 88.3 Å². The molecule has 1 unspecified atom stereocenters. The zero-order valence-electron chi connectivity index (χ0n) is 15.2. The van der Waals surface area contributed by atoms with Crippen LogP contribution in [0.4, 0.5) is 0 Å². The van der Waals surface area contributed by atoms with E-state index in [1.54, 1.807) is 11.1 Å². The minimum atomic E-state index is -0.342. The monoisotopic (exact) mass is 394 g/mol. The molecule has 2 amide bonds. The van der Waals surface area contributed by atoms with Gasteiger partial charge in [-0.05, 0) is 28.6 Å². The van der Waals surface area contributed by atoms with Crippen molar-refractivity contribution in [2.45, 2.75) is 25.9 Å². The quantitative estimate of drug-likeness (QED) is 0.717. The second-order valence-electron chi connectivity index (χ2n) is 6.36. The van der Waals surface area contributed by atoms with Crippen LogP contribution >= 0.6 is 11.3 Å². The molecule has 142 valence electrons. The summed E-state index contributed by atoms with van der Waals surface area (Å²) in [5.41, 5.74) is 1.96. The normalized spacial score (nSPS) is 15.3. The van der Waals surface area contributed by atoms with Crippen LogP contribution in [0.3, 0.4) is 0 Å². The molecule has 3 heterocycles. The van der Waals surface area contributed by atoms with E-state index in [9.17, 15) is 9.59 Å². The zero-order valence-corrected chi connectivity index (χ0v) is 16.0. The SMILES string of the molecule is CC(=O)N1C=Cc2ccccc2C1CC(=O)NCc1noc(-c2cccs2)n1. The van der Waals surface area contributed by atoms with Crippen LogP contribution in [-0.4, -0.2) is 26.9 Å². The van der Waals surface area contributed by atoms with Gasteiger partial charge in [0.05, 0.1) is 23.9 Å². The molecule has 0 spiro atoms. The van der Waals surface area contributed by atoms with Crippen LogP contribution in [-0.2, 0) is 16.1 Å². The van der Waals surface area contributed by atoms with E-state index in [1.165, 1.54) is 18.3 Å². The molecule has 1 atom stereocenters. The Morgan fingerprint density at radius 2 is 2.11 bits per heavy atom. The van der Waals surface area contributed by atoms with Gasteiger partial charge in [0.15, 0.2) is 5.82 Å². The van der Waals surface area contributed by atoms with Gasteiger partial charge in [0.1, 0.15) is 0 Å². The number of fused-ring (bicyclic) bond motifs is 1. The number of nitrogens with one attached hydrogen (secondary N) is 1. The van der Waals surface area contributed by atoms with Crippen molar-refractivity contribution in [3.05, 3.63) is 64.9 Å². The fraction of sp³-hybridized carbons (Fsp3) is 0.200. The highest BCUT2D eigenvalue weighted by Crippen LogP contribution is 2.32. The third kappa shape index (κ3) is 3.72. The molecule has 0 bridgehead atoms. The summed E-state index contributed by atoms with van der Waals surface area (Å²) in [6.07, 6.45) is 3.77. The fourth-order valence-corrected chi connectivity index (χ4v) is 3.81. The molecule has 2 aromatic heterocycles. The largest absolute Gasteiger partial charge is 0.349 e. The van der Waals surface area contributed by atoms with Crippen molar-refractivity contribution in [2.75, 3.05) is 0 Å². The molecule has 0 fully saturated rings. The van der Waals surface area contributed by atoms with Gasteiger partial charge in [-0.15, -0.1) is 11.3 Å². The van der Waals surface area contributed by atoms with E-state index >= 15 is 0 Å². The maximum atomic E-state index is 12.5. The summed E-state index contributed by atoms with van der Waals surface area (Å²) < 4.78 is 5.22. The molecule has 3 aromatic rings. The number of carbonyl (C=O) groups excluding carboxylic acids is 2. The van der Waals surface area contributed by atoms with Crippen LogP contribution in [0.25, 0.3) is 16.8 Å². The van der Waals surface area contributed by atoms with E-state index in [-0.39, 0.29) is 30.8 Å². The van der Waals surface area contributed by atoms with Crippen LogP contribution in [0.2, 0.25) is 0 Å². The van der Waals surface area contributed by atoms with Crippen LogP contribution in [0, 0.1) is 0 Å². The molecular formula is C20H18N4O3S. The first-order valence-corrected chi connectivity index (χ1v) is 9.69. The number of hydrogen-bond acceptors (Lipinski definition) is 6. The van der Waals surface area contributed by atoms with Crippen molar-refractivity contribution in [3.63, 3.8) is 0 Å². The number of rotatable bonds is 5. The minimum Gasteiger partial charge on any atom is -0.349 e. The van der Waals surface area contributed by atoms with Crippen molar-refractivity contribution in [1.82, 2.24) is 20.4 Å². The summed E-state index contributed by atoms with van der Waals surface area (Å²) in [4.78, 5) is 31.3. The molecule has 0 saturated carbocycles. The maximum absolute atomic E-state index is 12.5. The molecular weight excluding hydrogens is 376 g/mol. The summed E-state index contributed by atoms with van der Waals surface area (Å²) >= 11 is 1.51. The Morgan fingerprint density at radius 1 is 1.25 bits per heavy atom. The minimum absolute atomic E-state index is 0.109. The smallest absolute Gasteiger partial charge is 0.268 e. The van der Waals surface area contributed by atoms with Crippen LogP contribution in [0.5, 0.6) is 0 Å². The molecule has 0 radical (unpaired) electrons. The van der Waals surface area contributed by atoms with Crippen molar-refractivity contribution in [1.29, 1.82) is 0 Å². The van der Waals surface area contributed by atoms with Gasteiger partial charge < -0.3 is 14.7 Å². The molecule has 1 N–H and O–H groups in total. The fourth-order valence-electron chi connectivity index (χ4n) is 3.16. The highest BCUT2D eigenvalue weighted by Gasteiger charge is 2.28. The molecule has 4 rings (SSSR count). The first-order chi connectivity index (χ1) is 13.6. The summed E-state index contributed by atoms with van der Waals surface area (Å²) in [6, 6.07) is 11.2. The van der Waals surface area contributed by atoms with Gasteiger partial charge in [-0.2, -0.15) is 4.98 Å². The molecule has 0 saturated heterocycles. The first-order valence-electron chi connectivity index (χ1n) is 8.81. The molecule has 0 aliphatic carbocycles. The lowest BCUT2D eigenvalue weighted by atomic mass is 9.93. The first kappa shape index (κ1) is 18.1. The maximum Gasteiger partial charge on any atom is 0.268 e. The average molecular weight is 394 g/mol. The number of aromatic nitrogens is 2. The van der Waals surface area contributed by atoms with Gasteiger partial charge in [0.25, 0.3) is 5.89 Å². The van der Waals surface area contributed by atoms with Crippen molar-refractivity contribution in [3.8, 4) is 10.8 Å². The third-order valence-corrected chi connectivity index (χ3v) is 5.35. The highest BCUT2D eigenvalue weighted by molar-refractivity contribution is 7.13. The van der Waals surface area contributed by atoms with Gasteiger partial charge >= 0.3 is 0 Å². The Labute approximate surface area is 165 Å². The van der Waals surface area contributed by atoms with Gasteiger partial charge in [-0.3, -0.25) is 9.59 Å². The molecule has 1 aliphatic heterocycles. The van der Waals surface area contributed by atoms with Gasteiger partial charge in [-0.25, -0.2) is 0 Å². The van der Waals surface area contributed by atoms with E-state index < -0.39 is 0 Å². The van der Waals surface area contributed by atoms with E-state index in [1.807, 2.05) is 47.9 Å². The second-order valence-corrected chi connectivity index (χ2v) is 7.31. The summed E-state index contributed by atoms with van der Waals surface area (Å²) in [5.74, 6) is 0.545. The van der Waals surface area contributed by atoms with E-state index in [0.717, 1.165) is 16.0 Å². The predicted octanol–water partition coefficient (Wildman–Crippen LogP) is 3.38. The van der Waals surface area contributed by atoms with Crippen LogP contribution in [0.15, 0.2) is 52.5 Å². The highest BCUT2D eigenvalue weighted by atomic mass is 32.1. The number of thiophene rings is 1. The molecule has 8 heteroatoms. The van der Waals surface area contributed by atoms with Gasteiger partial charge in [0, 0.05) is 13.1 Å². The number of carbonyl (C=O) groups is 2. The Bertz CT molecular complexity index is 1030. The van der Waals surface area contributed by atoms with E-state index in [2.05, 4.69) is 15.5 Å². The van der Waals surface area contributed by atoms with E-state index in [4.69, 9.17) is 4.52 Å². The lowest BCUT2D eigenvalue weighted by molar-refractivity contribution is -0.130. The van der Waals surface area contributed by atoms with Crippen molar-refractivity contribution >= 4 is 29.2 Å². The number of benzene rings is 1. The van der Waals surface area contributed by atoms with Gasteiger partial charge in [0.2, 0.25) is 11.8 Å². The van der Waals surface area contributed by atoms with Crippen molar-refractivity contribution < 1.29 is 14.1 Å². The lowest BCUT2D eigenvalue weighted by Crippen LogP contribution is -2.35. The predicted molar refractivity (Wildman–Crippen MR) is 105 cm³/mol. The Hall–Kier alpha value is -3.26. The summed E-state index contributed by atoms with van der Waals surface area (Å²) in [6.45, 7) is 1.66.